The lowest BCUT2D eigenvalue weighted by atomic mass is 9.94. The van der Waals surface area contributed by atoms with Crippen LogP contribution in [0.3, 0.4) is 0 Å². The Morgan fingerprint density at radius 2 is 1.88 bits per heavy atom. The summed E-state index contributed by atoms with van der Waals surface area (Å²) in [6, 6.07) is 10.9. The van der Waals surface area contributed by atoms with Crippen molar-refractivity contribution < 1.29 is 0 Å². The van der Waals surface area contributed by atoms with E-state index in [4.69, 9.17) is 0 Å². The molecule has 1 atom stereocenters. The Morgan fingerprint density at radius 3 is 2.59 bits per heavy atom. The number of hydrogen-bond donors (Lipinski definition) is 1. The number of benzene rings is 1. The van der Waals surface area contributed by atoms with E-state index < -0.39 is 0 Å². The van der Waals surface area contributed by atoms with Crippen LogP contribution in [0.25, 0.3) is 11.1 Å². The zero-order chi connectivity index (χ0) is 12.3. The van der Waals surface area contributed by atoms with Gasteiger partial charge in [-0.15, -0.1) is 0 Å². The van der Waals surface area contributed by atoms with Crippen molar-refractivity contribution in [3.05, 3.63) is 53.9 Å². The summed E-state index contributed by atoms with van der Waals surface area (Å²) in [7, 11) is 1.98. The second-order valence-electron chi connectivity index (χ2n) is 4.29. The minimum absolute atomic E-state index is 0.339. The molecule has 2 aromatic rings. The van der Waals surface area contributed by atoms with Crippen LogP contribution in [-0.4, -0.2) is 12.0 Å². The van der Waals surface area contributed by atoms with Crippen LogP contribution in [0.5, 0.6) is 0 Å². The molecule has 1 N–H and O–H groups in total. The number of aryl methyl sites for hydroxylation is 1. The fraction of sp³-hybridized carbons (Fsp3) is 0.267. The van der Waals surface area contributed by atoms with Gasteiger partial charge in [0.15, 0.2) is 0 Å². The summed E-state index contributed by atoms with van der Waals surface area (Å²) in [5, 5.41) is 3.29. The van der Waals surface area contributed by atoms with Crippen molar-refractivity contribution in [3.8, 4) is 11.1 Å². The molecule has 0 aliphatic heterocycles. The second kappa shape index (κ2) is 5.11. The van der Waals surface area contributed by atoms with Crippen molar-refractivity contribution in [3.63, 3.8) is 0 Å². The Hall–Kier alpha value is -1.67. The molecule has 0 aliphatic carbocycles. The smallest absolute Gasteiger partial charge is 0.0349 e. The molecule has 2 nitrogen and oxygen atoms in total. The summed E-state index contributed by atoms with van der Waals surface area (Å²) in [6.45, 7) is 4.29. The van der Waals surface area contributed by atoms with Crippen LogP contribution in [0.4, 0.5) is 0 Å². The van der Waals surface area contributed by atoms with Crippen LogP contribution in [0.2, 0.25) is 0 Å². The number of nitrogens with one attached hydrogen (secondary N) is 1. The maximum absolute atomic E-state index is 4.23. The standard InChI is InChI=1S/C15H18N2/c1-11-8-9-17-10-15(11)14-7-5-4-6-13(14)12(2)16-3/h4-10,12,16H,1-3H3. The van der Waals surface area contributed by atoms with Gasteiger partial charge >= 0.3 is 0 Å². The molecule has 0 bridgehead atoms. The average molecular weight is 226 g/mol. The molecule has 2 rings (SSSR count). The maximum Gasteiger partial charge on any atom is 0.0349 e. The predicted molar refractivity (Wildman–Crippen MR) is 71.9 cm³/mol. The molecule has 88 valence electrons. The van der Waals surface area contributed by atoms with Crippen LogP contribution >= 0.6 is 0 Å². The van der Waals surface area contributed by atoms with Gasteiger partial charge in [-0.25, -0.2) is 0 Å². The fourth-order valence-electron chi connectivity index (χ4n) is 2.02. The third kappa shape index (κ3) is 2.37. The minimum Gasteiger partial charge on any atom is -0.313 e. The van der Waals surface area contributed by atoms with E-state index in [9.17, 15) is 0 Å². The molecule has 1 unspecified atom stereocenters. The lowest BCUT2D eigenvalue weighted by Gasteiger charge is -2.16. The Bertz CT molecular complexity index is 506. The van der Waals surface area contributed by atoms with E-state index in [1.165, 1.54) is 22.3 Å². The lowest BCUT2D eigenvalue weighted by molar-refractivity contribution is 0.654. The first-order valence-electron chi connectivity index (χ1n) is 5.91. The van der Waals surface area contributed by atoms with Gasteiger partial charge in [-0.05, 0) is 43.7 Å². The zero-order valence-electron chi connectivity index (χ0n) is 10.6. The lowest BCUT2D eigenvalue weighted by Crippen LogP contribution is -2.13. The summed E-state index contributed by atoms with van der Waals surface area (Å²) in [5.74, 6) is 0. The third-order valence-electron chi connectivity index (χ3n) is 3.19. The van der Waals surface area contributed by atoms with Gasteiger partial charge in [-0.3, -0.25) is 4.98 Å². The molecule has 0 fully saturated rings. The van der Waals surface area contributed by atoms with Gasteiger partial charge in [0.2, 0.25) is 0 Å². The number of pyridine rings is 1. The highest BCUT2D eigenvalue weighted by molar-refractivity contribution is 5.70. The average Bonchev–Trinajstić information content (AvgIpc) is 2.38. The normalized spacial score (nSPS) is 12.4. The molecule has 0 saturated heterocycles. The molecule has 0 radical (unpaired) electrons. The van der Waals surface area contributed by atoms with Gasteiger partial charge in [-0.2, -0.15) is 0 Å². The molecule has 0 aliphatic rings. The highest BCUT2D eigenvalue weighted by Crippen LogP contribution is 2.29. The first-order chi connectivity index (χ1) is 8.24. The van der Waals surface area contributed by atoms with E-state index in [1.807, 2.05) is 19.4 Å². The van der Waals surface area contributed by atoms with E-state index >= 15 is 0 Å². The Morgan fingerprint density at radius 1 is 1.12 bits per heavy atom. The van der Waals surface area contributed by atoms with Crippen molar-refractivity contribution in [2.45, 2.75) is 19.9 Å². The molecular formula is C15H18N2. The molecule has 2 heteroatoms. The topological polar surface area (TPSA) is 24.9 Å². The molecule has 0 amide bonds. The van der Waals surface area contributed by atoms with E-state index in [0.29, 0.717) is 6.04 Å². The zero-order valence-corrected chi connectivity index (χ0v) is 10.6. The SMILES string of the molecule is CNC(C)c1ccccc1-c1cnccc1C. The number of nitrogens with zero attached hydrogens (tertiary/aromatic N) is 1. The van der Waals surface area contributed by atoms with E-state index in [2.05, 4.69) is 54.5 Å². The molecule has 1 aromatic heterocycles. The van der Waals surface area contributed by atoms with Gasteiger partial charge in [0.05, 0.1) is 0 Å². The summed E-state index contributed by atoms with van der Waals surface area (Å²) < 4.78 is 0. The van der Waals surface area contributed by atoms with Crippen LogP contribution in [0, 0.1) is 6.92 Å². The van der Waals surface area contributed by atoms with Gasteiger partial charge in [-0.1, -0.05) is 24.3 Å². The summed E-state index contributed by atoms with van der Waals surface area (Å²) in [5.41, 5.74) is 5.05. The van der Waals surface area contributed by atoms with Crippen molar-refractivity contribution in [2.24, 2.45) is 0 Å². The molecule has 0 saturated carbocycles. The largest absolute Gasteiger partial charge is 0.313 e. The van der Waals surface area contributed by atoms with Crippen LogP contribution < -0.4 is 5.32 Å². The van der Waals surface area contributed by atoms with E-state index in [-0.39, 0.29) is 0 Å². The minimum atomic E-state index is 0.339. The van der Waals surface area contributed by atoms with Crippen LogP contribution in [-0.2, 0) is 0 Å². The van der Waals surface area contributed by atoms with Crippen LogP contribution in [0.15, 0.2) is 42.7 Å². The summed E-state index contributed by atoms with van der Waals surface area (Å²) >= 11 is 0. The van der Waals surface area contributed by atoms with Gasteiger partial charge in [0, 0.05) is 24.0 Å². The summed E-state index contributed by atoms with van der Waals surface area (Å²) in [4.78, 5) is 4.23. The maximum atomic E-state index is 4.23. The van der Waals surface area contributed by atoms with Gasteiger partial charge < -0.3 is 5.32 Å². The molecule has 17 heavy (non-hydrogen) atoms. The van der Waals surface area contributed by atoms with Crippen molar-refractivity contribution >= 4 is 0 Å². The molecule has 1 heterocycles. The fourth-order valence-corrected chi connectivity index (χ4v) is 2.02. The Labute approximate surface area is 103 Å². The quantitative estimate of drug-likeness (QED) is 0.868. The van der Waals surface area contributed by atoms with Crippen molar-refractivity contribution in [1.82, 2.24) is 10.3 Å². The summed E-state index contributed by atoms with van der Waals surface area (Å²) in [6.07, 6.45) is 3.78. The highest BCUT2D eigenvalue weighted by Gasteiger charge is 2.11. The van der Waals surface area contributed by atoms with E-state index in [0.717, 1.165) is 0 Å². The highest BCUT2D eigenvalue weighted by atomic mass is 14.9. The number of hydrogen-bond acceptors (Lipinski definition) is 2. The monoisotopic (exact) mass is 226 g/mol. The number of aromatic nitrogens is 1. The molecular weight excluding hydrogens is 208 g/mol. The van der Waals surface area contributed by atoms with Gasteiger partial charge in [0.25, 0.3) is 0 Å². The second-order valence-corrected chi connectivity index (χ2v) is 4.29. The molecule has 0 spiro atoms. The number of rotatable bonds is 3. The van der Waals surface area contributed by atoms with Crippen molar-refractivity contribution in [1.29, 1.82) is 0 Å². The van der Waals surface area contributed by atoms with Gasteiger partial charge in [0.1, 0.15) is 0 Å². The first kappa shape index (κ1) is 11.8. The van der Waals surface area contributed by atoms with Crippen molar-refractivity contribution in [2.75, 3.05) is 7.05 Å². The molecule has 1 aromatic carbocycles. The van der Waals surface area contributed by atoms with Crippen LogP contribution in [0.1, 0.15) is 24.1 Å². The predicted octanol–water partition coefficient (Wildman–Crippen LogP) is 3.34. The third-order valence-corrected chi connectivity index (χ3v) is 3.19. The Kier molecular flexibility index (Phi) is 3.55. The Balaban J connectivity index is 2.56. The first-order valence-corrected chi connectivity index (χ1v) is 5.91. The van der Waals surface area contributed by atoms with E-state index in [1.54, 1.807) is 0 Å².